The summed E-state index contributed by atoms with van der Waals surface area (Å²) in [4.78, 5) is 0. The second kappa shape index (κ2) is 3.92. The molecule has 0 spiro atoms. The molecule has 0 unspecified atom stereocenters. The molecule has 0 aromatic heterocycles. The van der Waals surface area contributed by atoms with Gasteiger partial charge >= 0.3 is 11.4 Å². The van der Waals surface area contributed by atoms with E-state index in [0.717, 1.165) is 0 Å². The molecule has 0 amide bonds. The average Bonchev–Trinajstić information content (AvgIpc) is 1.76. The van der Waals surface area contributed by atoms with Crippen molar-refractivity contribution in [3.63, 3.8) is 0 Å². The highest BCUT2D eigenvalue weighted by Gasteiger charge is 2.29. The van der Waals surface area contributed by atoms with E-state index in [1.54, 1.807) is 15.9 Å². The van der Waals surface area contributed by atoms with E-state index in [2.05, 4.69) is 9.47 Å². The van der Waals surface area contributed by atoms with Gasteiger partial charge < -0.3 is 9.47 Å². The number of alkyl halides is 6. The summed E-state index contributed by atoms with van der Waals surface area (Å²) in [5.74, 6) is 0. The molecule has 0 N–H and O–H groups in total. The SMILES string of the molecule is FC(F)(F)O/C=C\OC(F)(F)Br. The van der Waals surface area contributed by atoms with Crippen LogP contribution in [0.2, 0.25) is 0 Å². The van der Waals surface area contributed by atoms with Gasteiger partial charge in [-0.1, -0.05) is 0 Å². The molecule has 2 nitrogen and oxygen atoms in total. The third-order valence-corrected chi connectivity index (χ3v) is 0.646. The first-order valence-electron chi connectivity index (χ1n) is 2.35. The summed E-state index contributed by atoms with van der Waals surface area (Å²) < 4.78 is 63.1. The lowest BCUT2D eigenvalue weighted by Crippen LogP contribution is -2.10. The van der Waals surface area contributed by atoms with Crippen LogP contribution < -0.4 is 0 Å². The molecule has 0 radical (unpaired) electrons. The van der Waals surface area contributed by atoms with E-state index in [0.29, 0.717) is 0 Å². The number of hydrogen-bond donors (Lipinski definition) is 0. The molecule has 0 aliphatic heterocycles. The van der Waals surface area contributed by atoms with Crippen LogP contribution in [0.1, 0.15) is 0 Å². The summed E-state index contributed by atoms with van der Waals surface area (Å²) in [5, 5.41) is -3.70. The van der Waals surface area contributed by atoms with Crippen LogP contribution in [0.15, 0.2) is 12.5 Å². The van der Waals surface area contributed by atoms with Gasteiger partial charge in [-0.25, -0.2) is 0 Å². The lowest BCUT2D eigenvalue weighted by Gasteiger charge is -2.06. The van der Waals surface area contributed by atoms with Gasteiger partial charge in [-0.05, 0) is 0 Å². The van der Waals surface area contributed by atoms with E-state index >= 15 is 0 Å². The highest BCUT2D eigenvalue weighted by Crippen LogP contribution is 2.23. The molecule has 0 saturated carbocycles. The Kier molecular flexibility index (Phi) is 3.75. The summed E-state index contributed by atoms with van der Waals surface area (Å²) in [7, 11) is 0. The van der Waals surface area contributed by atoms with Crippen molar-refractivity contribution in [1.82, 2.24) is 0 Å². The van der Waals surface area contributed by atoms with Gasteiger partial charge in [-0.15, -0.1) is 13.2 Å². The molecule has 0 aromatic carbocycles. The van der Waals surface area contributed by atoms with Gasteiger partial charge in [0.25, 0.3) is 0 Å². The molecule has 72 valence electrons. The van der Waals surface area contributed by atoms with Crippen molar-refractivity contribution in [1.29, 1.82) is 0 Å². The zero-order valence-electron chi connectivity index (χ0n) is 5.24. The minimum atomic E-state index is -4.90. The van der Waals surface area contributed by atoms with Gasteiger partial charge in [-0.2, -0.15) is 8.78 Å². The van der Waals surface area contributed by atoms with Crippen LogP contribution in [0.5, 0.6) is 0 Å². The first kappa shape index (κ1) is 11.5. The molecular weight excluding hydrogens is 255 g/mol. The standard InChI is InChI=1S/C4H2BrF5O2/c5-3(6,7)11-1-2-12-4(8,9)10/h1-2H/b2-1-. The van der Waals surface area contributed by atoms with Crippen LogP contribution >= 0.6 is 15.9 Å². The van der Waals surface area contributed by atoms with Gasteiger partial charge in [-0.3, -0.25) is 0 Å². The lowest BCUT2D eigenvalue weighted by molar-refractivity contribution is -0.299. The van der Waals surface area contributed by atoms with E-state index in [9.17, 15) is 22.0 Å². The third-order valence-electron chi connectivity index (χ3n) is 0.459. The first-order valence-corrected chi connectivity index (χ1v) is 3.14. The van der Waals surface area contributed by atoms with E-state index < -0.39 is 11.4 Å². The van der Waals surface area contributed by atoms with Gasteiger partial charge in [0, 0.05) is 15.9 Å². The van der Waals surface area contributed by atoms with Crippen molar-refractivity contribution in [3.8, 4) is 0 Å². The Balaban J connectivity index is 3.66. The van der Waals surface area contributed by atoms with Crippen molar-refractivity contribution in [2.75, 3.05) is 0 Å². The first-order chi connectivity index (χ1) is 5.21. The van der Waals surface area contributed by atoms with Gasteiger partial charge in [0.05, 0.1) is 0 Å². The fourth-order valence-corrected chi connectivity index (χ4v) is 0.318. The predicted octanol–water partition coefficient (Wildman–Crippen LogP) is 2.96. The molecule has 8 heteroatoms. The zero-order chi connectivity index (χ0) is 9.83. The lowest BCUT2D eigenvalue weighted by atomic mass is 11.0. The molecule has 0 saturated heterocycles. The minimum Gasteiger partial charge on any atom is -0.429 e. The maximum absolute atomic E-state index is 11.6. The summed E-state index contributed by atoms with van der Waals surface area (Å²) in [5.41, 5.74) is 0. The van der Waals surface area contributed by atoms with Crippen molar-refractivity contribution in [2.24, 2.45) is 0 Å². The van der Waals surface area contributed by atoms with E-state index in [-0.39, 0.29) is 12.5 Å². The quantitative estimate of drug-likeness (QED) is 0.439. The van der Waals surface area contributed by atoms with Crippen molar-refractivity contribution < 1.29 is 31.4 Å². The van der Waals surface area contributed by atoms with Crippen LogP contribution in [-0.4, -0.2) is 11.4 Å². The van der Waals surface area contributed by atoms with Crippen molar-refractivity contribution >= 4 is 15.9 Å². The van der Waals surface area contributed by atoms with E-state index in [1.165, 1.54) is 0 Å². The Bertz CT molecular complexity index is 142. The molecule has 0 aliphatic rings. The summed E-state index contributed by atoms with van der Waals surface area (Å²) in [6, 6.07) is 0. The number of rotatable bonds is 3. The molecule has 0 bridgehead atoms. The highest BCUT2D eigenvalue weighted by atomic mass is 79.9. The molecule has 12 heavy (non-hydrogen) atoms. The maximum atomic E-state index is 11.6. The summed E-state index contributed by atoms with van der Waals surface area (Å²) >= 11 is 1.72. The number of hydrogen-bond acceptors (Lipinski definition) is 2. The molecule has 0 aromatic rings. The van der Waals surface area contributed by atoms with Crippen molar-refractivity contribution in [2.45, 2.75) is 11.4 Å². The third kappa shape index (κ3) is 9.47. The van der Waals surface area contributed by atoms with Crippen LogP contribution in [0.25, 0.3) is 0 Å². The van der Waals surface area contributed by atoms with Crippen LogP contribution in [0.4, 0.5) is 22.0 Å². The largest absolute Gasteiger partial charge is 0.572 e. The second-order valence-corrected chi connectivity index (χ2v) is 2.32. The second-order valence-electron chi connectivity index (χ2n) is 1.40. The predicted molar refractivity (Wildman–Crippen MR) is 31.2 cm³/mol. The Morgan fingerprint density at radius 2 is 1.33 bits per heavy atom. The monoisotopic (exact) mass is 256 g/mol. The zero-order valence-corrected chi connectivity index (χ0v) is 6.82. The number of ether oxygens (including phenoxy) is 2. The molecule has 0 heterocycles. The smallest absolute Gasteiger partial charge is 0.429 e. The van der Waals surface area contributed by atoms with E-state index in [4.69, 9.17) is 0 Å². The van der Waals surface area contributed by atoms with Crippen LogP contribution in [0, 0.1) is 0 Å². The molecular formula is C4H2BrF5O2. The minimum absolute atomic E-state index is 0.0465. The Morgan fingerprint density at radius 1 is 0.917 bits per heavy atom. The van der Waals surface area contributed by atoms with Crippen molar-refractivity contribution in [3.05, 3.63) is 12.5 Å². The Labute approximate surface area is 72.1 Å². The molecule has 0 aliphatic carbocycles. The summed E-state index contributed by atoms with van der Waals surface area (Å²) in [6.07, 6.45) is -4.88. The van der Waals surface area contributed by atoms with Crippen LogP contribution in [-0.2, 0) is 9.47 Å². The van der Waals surface area contributed by atoms with Gasteiger partial charge in [0.15, 0.2) is 0 Å². The Morgan fingerprint density at radius 3 is 1.67 bits per heavy atom. The molecule has 0 fully saturated rings. The Hall–Kier alpha value is -0.530. The highest BCUT2D eigenvalue weighted by molar-refractivity contribution is 9.09. The molecule has 0 atom stereocenters. The van der Waals surface area contributed by atoms with Gasteiger partial charge in [0.2, 0.25) is 0 Å². The summed E-state index contributed by atoms with van der Waals surface area (Å²) in [6.45, 7) is 0. The van der Waals surface area contributed by atoms with Gasteiger partial charge in [0.1, 0.15) is 12.5 Å². The molecule has 0 rings (SSSR count). The van der Waals surface area contributed by atoms with Crippen LogP contribution in [0.3, 0.4) is 0 Å². The fourth-order valence-electron chi connectivity index (χ4n) is 0.210. The maximum Gasteiger partial charge on any atom is 0.572 e. The average molecular weight is 257 g/mol. The van der Waals surface area contributed by atoms with E-state index in [1.807, 2.05) is 0 Å². The normalized spacial score (nSPS) is 13.5. The fraction of sp³-hybridized carbons (Fsp3) is 0.500. The topological polar surface area (TPSA) is 18.5 Å². The number of halogens is 6.